The number of ether oxygens (including phenoxy) is 2. The third-order valence-corrected chi connectivity index (χ3v) is 6.04. The minimum Gasteiger partial charge on any atom is -0.493 e. The highest BCUT2D eigenvalue weighted by Crippen LogP contribution is 2.29. The Kier molecular flexibility index (Phi) is 9.81. The zero-order chi connectivity index (χ0) is 22.3. The average molecular weight is 497 g/mol. The molecule has 0 spiro atoms. The van der Waals surface area contributed by atoms with Gasteiger partial charge in [0.15, 0.2) is 11.5 Å². The molecule has 0 fully saturated rings. The maximum absolute atomic E-state index is 11.3. The fourth-order valence-corrected chi connectivity index (χ4v) is 3.73. The third-order valence-electron chi connectivity index (χ3n) is 4.74. The van der Waals surface area contributed by atoms with E-state index in [9.17, 15) is 8.42 Å². The summed E-state index contributed by atoms with van der Waals surface area (Å²) in [7, 11) is -2.05. The molecule has 0 aliphatic heterocycles. The van der Waals surface area contributed by atoms with Crippen LogP contribution in [-0.4, -0.2) is 22.1 Å². The molecule has 3 N–H and O–H groups in total. The van der Waals surface area contributed by atoms with Crippen molar-refractivity contribution in [3.63, 3.8) is 0 Å². The van der Waals surface area contributed by atoms with Crippen molar-refractivity contribution in [1.82, 2.24) is 5.32 Å². The van der Waals surface area contributed by atoms with Crippen LogP contribution in [0.1, 0.15) is 16.7 Å². The topological polar surface area (TPSA) is 90.6 Å². The highest BCUT2D eigenvalue weighted by Gasteiger charge is 2.09. The van der Waals surface area contributed by atoms with E-state index in [1.54, 1.807) is 19.2 Å². The molecule has 9 heteroatoms. The smallest absolute Gasteiger partial charge is 0.238 e. The molecule has 0 aliphatic rings. The highest BCUT2D eigenvalue weighted by atomic mass is 35.5. The second-order valence-electron chi connectivity index (χ2n) is 6.98. The summed E-state index contributed by atoms with van der Waals surface area (Å²) in [5, 5.41) is 9.16. The van der Waals surface area contributed by atoms with Gasteiger partial charge < -0.3 is 14.8 Å². The number of primary sulfonamides is 1. The number of benzene rings is 3. The molecule has 3 aromatic carbocycles. The van der Waals surface area contributed by atoms with Crippen molar-refractivity contribution >= 4 is 34.0 Å². The second kappa shape index (κ2) is 12.1. The molecule has 0 heterocycles. The van der Waals surface area contributed by atoms with Gasteiger partial charge in [0.25, 0.3) is 0 Å². The maximum atomic E-state index is 11.3. The van der Waals surface area contributed by atoms with Gasteiger partial charge in [0.1, 0.15) is 6.61 Å². The molecule has 0 saturated heterocycles. The molecule has 172 valence electrons. The number of sulfonamides is 1. The zero-order valence-corrected chi connectivity index (χ0v) is 20.0. The lowest BCUT2D eigenvalue weighted by atomic mass is 10.1. The van der Waals surface area contributed by atoms with E-state index in [1.807, 2.05) is 42.5 Å². The number of nitrogens with two attached hydrogens (primary N) is 1. The van der Waals surface area contributed by atoms with Crippen LogP contribution in [0.3, 0.4) is 0 Å². The molecule has 3 aromatic rings. The lowest BCUT2D eigenvalue weighted by Crippen LogP contribution is -2.17. The standard InChI is InChI=1S/C23H25ClN2O4S.ClH/c1-29-23-14-18(8-11-22(23)30-16-19-4-2-3-5-21(19)24)15-26-13-12-17-6-9-20(10-7-17)31(25,27)28;/h2-11,14,26H,12-13,15-16H2,1H3,(H2,25,27,28);1H. The fraction of sp³-hybridized carbons (Fsp3) is 0.217. The summed E-state index contributed by atoms with van der Waals surface area (Å²) in [6.07, 6.45) is 0.765. The van der Waals surface area contributed by atoms with Crippen LogP contribution < -0.4 is 19.9 Å². The van der Waals surface area contributed by atoms with Gasteiger partial charge in [-0.05, 0) is 54.4 Å². The van der Waals surface area contributed by atoms with E-state index in [0.29, 0.717) is 29.7 Å². The van der Waals surface area contributed by atoms with Crippen LogP contribution in [0.4, 0.5) is 0 Å². The van der Waals surface area contributed by atoms with Gasteiger partial charge in [-0.15, -0.1) is 12.4 Å². The Balaban J connectivity index is 0.00000363. The number of nitrogens with one attached hydrogen (secondary N) is 1. The lowest BCUT2D eigenvalue weighted by Gasteiger charge is -2.13. The molecule has 0 aromatic heterocycles. The Bertz CT molecular complexity index is 1120. The van der Waals surface area contributed by atoms with Crippen molar-refractivity contribution in [2.24, 2.45) is 5.14 Å². The van der Waals surface area contributed by atoms with Crippen molar-refractivity contribution in [2.45, 2.75) is 24.5 Å². The molecule has 0 amide bonds. The number of hydrogen-bond donors (Lipinski definition) is 2. The molecular formula is C23H26Cl2N2O4S. The van der Waals surface area contributed by atoms with E-state index < -0.39 is 10.0 Å². The quantitative estimate of drug-likeness (QED) is 0.407. The van der Waals surface area contributed by atoms with Gasteiger partial charge in [-0.2, -0.15) is 0 Å². The van der Waals surface area contributed by atoms with Crippen molar-refractivity contribution < 1.29 is 17.9 Å². The van der Waals surface area contributed by atoms with E-state index in [2.05, 4.69) is 5.32 Å². The van der Waals surface area contributed by atoms with Crippen LogP contribution in [0.2, 0.25) is 5.02 Å². The molecule has 0 radical (unpaired) electrons. The van der Waals surface area contributed by atoms with Gasteiger partial charge in [0, 0.05) is 17.1 Å². The maximum Gasteiger partial charge on any atom is 0.238 e. The third kappa shape index (κ3) is 7.39. The molecule has 0 saturated carbocycles. The molecule has 6 nitrogen and oxygen atoms in total. The predicted molar refractivity (Wildman–Crippen MR) is 129 cm³/mol. The second-order valence-corrected chi connectivity index (χ2v) is 8.95. The number of halogens is 2. The van der Waals surface area contributed by atoms with Crippen molar-refractivity contribution in [1.29, 1.82) is 0 Å². The minimum absolute atomic E-state index is 0. The van der Waals surface area contributed by atoms with Crippen molar-refractivity contribution in [3.05, 3.63) is 88.4 Å². The molecule has 0 aliphatic carbocycles. The Labute approximate surface area is 200 Å². The number of methoxy groups -OCH3 is 1. The first kappa shape index (κ1) is 26.0. The number of rotatable bonds is 10. The fourth-order valence-electron chi connectivity index (χ4n) is 3.02. The largest absolute Gasteiger partial charge is 0.493 e. The van der Waals surface area contributed by atoms with E-state index >= 15 is 0 Å². The average Bonchev–Trinajstić information content (AvgIpc) is 2.76. The molecule has 3 rings (SSSR count). The highest BCUT2D eigenvalue weighted by molar-refractivity contribution is 7.89. The summed E-state index contributed by atoms with van der Waals surface area (Å²) < 4.78 is 34.0. The Morgan fingerprint density at radius 2 is 1.66 bits per heavy atom. The Hall–Kier alpha value is -2.29. The number of hydrogen-bond acceptors (Lipinski definition) is 5. The summed E-state index contributed by atoms with van der Waals surface area (Å²) in [6.45, 7) is 1.76. The zero-order valence-electron chi connectivity index (χ0n) is 17.6. The molecular weight excluding hydrogens is 471 g/mol. The van der Waals surface area contributed by atoms with Crippen LogP contribution in [0.5, 0.6) is 11.5 Å². The van der Waals surface area contributed by atoms with Gasteiger partial charge in [0.05, 0.1) is 12.0 Å². The van der Waals surface area contributed by atoms with Gasteiger partial charge in [-0.1, -0.05) is 48.0 Å². The molecule has 32 heavy (non-hydrogen) atoms. The van der Waals surface area contributed by atoms with Crippen molar-refractivity contribution in [2.75, 3.05) is 13.7 Å². The van der Waals surface area contributed by atoms with E-state index in [1.165, 1.54) is 12.1 Å². The summed E-state index contributed by atoms with van der Waals surface area (Å²) >= 11 is 6.18. The van der Waals surface area contributed by atoms with E-state index in [-0.39, 0.29) is 17.3 Å². The monoisotopic (exact) mass is 496 g/mol. The van der Waals surface area contributed by atoms with Gasteiger partial charge in [-0.3, -0.25) is 0 Å². The minimum atomic E-state index is -3.66. The summed E-state index contributed by atoms with van der Waals surface area (Å²) in [4.78, 5) is 0.119. The Morgan fingerprint density at radius 3 is 2.31 bits per heavy atom. The van der Waals surface area contributed by atoms with E-state index in [0.717, 1.165) is 29.7 Å². The van der Waals surface area contributed by atoms with E-state index in [4.69, 9.17) is 26.2 Å². The van der Waals surface area contributed by atoms with Crippen LogP contribution in [0.15, 0.2) is 71.6 Å². The molecule has 0 atom stereocenters. The van der Waals surface area contributed by atoms with Gasteiger partial charge >= 0.3 is 0 Å². The Morgan fingerprint density at radius 1 is 0.969 bits per heavy atom. The van der Waals surface area contributed by atoms with Crippen LogP contribution in [0.25, 0.3) is 0 Å². The predicted octanol–water partition coefficient (Wildman–Crippen LogP) is 4.33. The first-order chi connectivity index (χ1) is 14.9. The summed E-state index contributed by atoms with van der Waals surface area (Å²) in [5.41, 5.74) is 3.00. The van der Waals surface area contributed by atoms with Gasteiger partial charge in [-0.25, -0.2) is 13.6 Å². The lowest BCUT2D eigenvalue weighted by molar-refractivity contribution is 0.284. The molecule has 0 bridgehead atoms. The first-order valence-electron chi connectivity index (χ1n) is 9.72. The van der Waals surface area contributed by atoms with Crippen LogP contribution in [0, 0.1) is 0 Å². The summed E-state index contributed by atoms with van der Waals surface area (Å²) in [6, 6.07) is 20.0. The van der Waals surface area contributed by atoms with Crippen molar-refractivity contribution in [3.8, 4) is 11.5 Å². The van der Waals surface area contributed by atoms with Gasteiger partial charge in [0.2, 0.25) is 10.0 Å². The normalized spacial score (nSPS) is 11.0. The summed E-state index contributed by atoms with van der Waals surface area (Å²) in [5.74, 6) is 1.31. The van der Waals surface area contributed by atoms with Crippen LogP contribution >= 0.6 is 24.0 Å². The van der Waals surface area contributed by atoms with Crippen LogP contribution in [-0.2, 0) is 29.6 Å². The molecule has 0 unspecified atom stereocenters. The SMILES string of the molecule is COc1cc(CNCCc2ccc(S(N)(=O)=O)cc2)ccc1OCc1ccccc1Cl.Cl. The first-order valence-corrected chi connectivity index (χ1v) is 11.6.